The molecule has 0 bridgehead atoms. The largest absolute Gasteiger partial charge is 0.324 e. The Balaban J connectivity index is 1.77. The number of nitrogens with zero attached hydrogens (tertiary/aromatic N) is 3. The van der Waals surface area contributed by atoms with Gasteiger partial charge in [0, 0.05) is 29.9 Å². The van der Waals surface area contributed by atoms with Crippen LogP contribution < -0.4 is 5.32 Å². The molecule has 0 amide bonds. The van der Waals surface area contributed by atoms with E-state index in [1.807, 2.05) is 42.5 Å². The van der Waals surface area contributed by atoms with Crippen molar-refractivity contribution in [3.63, 3.8) is 0 Å². The maximum atomic E-state index is 4.31. The fourth-order valence-corrected chi connectivity index (χ4v) is 1.94. The molecule has 1 N–H and O–H groups in total. The molecule has 2 heterocycles. The van der Waals surface area contributed by atoms with Crippen molar-refractivity contribution in [2.75, 3.05) is 5.32 Å². The molecule has 4 nitrogen and oxygen atoms in total. The molecule has 0 aliphatic heterocycles. The van der Waals surface area contributed by atoms with Gasteiger partial charge in [0.25, 0.3) is 0 Å². The van der Waals surface area contributed by atoms with E-state index >= 15 is 0 Å². The molecule has 0 radical (unpaired) electrons. The van der Waals surface area contributed by atoms with Gasteiger partial charge in [0.2, 0.25) is 5.95 Å². The van der Waals surface area contributed by atoms with Crippen molar-refractivity contribution in [2.45, 2.75) is 0 Å². The summed E-state index contributed by atoms with van der Waals surface area (Å²) in [7, 11) is 0. The van der Waals surface area contributed by atoms with E-state index in [2.05, 4.69) is 26.8 Å². The van der Waals surface area contributed by atoms with Crippen molar-refractivity contribution in [3.05, 3.63) is 85.0 Å². The van der Waals surface area contributed by atoms with Crippen LogP contribution in [0.4, 0.5) is 11.6 Å². The molecule has 102 valence electrons. The highest BCUT2D eigenvalue weighted by Crippen LogP contribution is 2.22. The van der Waals surface area contributed by atoms with Gasteiger partial charge < -0.3 is 5.32 Å². The molecule has 0 saturated carbocycles. The number of hydrogen-bond donors (Lipinski definition) is 1. The first-order valence-electron chi connectivity index (χ1n) is 6.58. The van der Waals surface area contributed by atoms with Gasteiger partial charge >= 0.3 is 0 Å². The van der Waals surface area contributed by atoms with Crippen LogP contribution in [-0.4, -0.2) is 15.0 Å². The number of aromatic nitrogens is 3. The van der Waals surface area contributed by atoms with Gasteiger partial charge in [0.1, 0.15) is 0 Å². The molecule has 4 heteroatoms. The summed E-state index contributed by atoms with van der Waals surface area (Å²) in [6, 6.07) is 15.5. The van der Waals surface area contributed by atoms with Crippen LogP contribution in [0.1, 0.15) is 11.3 Å². The van der Waals surface area contributed by atoms with E-state index in [4.69, 9.17) is 0 Å². The molecular formula is C17H14N4. The summed E-state index contributed by atoms with van der Waals surface area (Å²) in [5, 5.41) is 3.14. The van der Waals surface area contributed by atoms with Crippen LogP contribution in [0.2, 0.25) is 0 Å². The quantitative estimate of drug-likeness (QED) is 0.788. The number of anilines is 2. The Kier molecular flexibility index (Phi) is 3.69. The Morgan fingerprint density at radius 3 is 2.19 bits per heavy atom. The number of hydrogen-bond acceptors (Lipinski definition) is 4. The summed E-state index contributed by atoms with van der Waals surface area (Å²) in [6.45, 7) is 4.10. The van der Waals surface area contributed by atoms with Crippen molar-refractivity contribution in [3.8, 4) is 0 Å². The minimum Gasteiger partial charge on any atom is -0.324 e. The normalized spacial score (nSPS) is 10.1. The Bertz CT molecular complexity index is 722. The SMILES string of the molecule is C=C(c1ccc(Nc2ncccn2)cc1)c1ccccn1. The summed E-state index contributed by atoms with van der Waals surface area (Å²) < 4.78 is 0. The molecule has 0 saturated heterocycles. The van der Waals surface area contributed by atoms with Gasteiger partial charge in [-0.2, -0.15) is 0 Å². The smallest absolute Gasteiger partial charge is 0.227 e. The van der Waals surface area contributed by atoms with Gasteiger partial charge in [0.05, 0.1) is 5.69 Å². The lowest BCUT2D eigenvalue weighted by Crippen LogP contribution is -1.96. The Labute approximate surface area is 123 Å². The van der Waals surface area contributed by atoms with Crippen LogP contribution in [0.5, 0.6) is 0 Å². The number of benzene rings is 1. The second-order valence-electron chi connectivity index (χ2n) is 4.47. The van der Waals surface area contributed by atoms with E-state index in [1.165, 1.54) is 0 Å². The molecule has 0 fully saturated rings. The van der Waals surface area contributed by atoms with Crippen molar-refractivity contribution in [2.24, 2.45) is 0 Å². The highest BCUT2D eigenvalue weighted by Gasteiger charge is 2.03. The Hall–Kier alpha value is -3.01. The predicted octanol–water partition coefficient (Wildman–Crippen LogP) is 3.68. The number of nitrogens with one attached hydrogen (secondary N) is 1. The van der Waals surface area contributed by atoms with Gasteiger partial charge in [-0.25, -0.2) is 9.97 Å². The fraction of sp³-hybridized carbons (Fsp3) is 0. The van der Waals surface area contributed by atoms with E-state index in [0.29, 0.717) is 5.95 Å². The molecule has 0 unspecified atom stereocenters. The van der Waals surface area contributed by atoms with Crippen molar-refractivity contribution >= 4 is 17.2 Å². The van der Waals surface area contributed by atoms with Crippen LogP contribution in [-0.2, 0) is 0 Å². The van der Waals surface area contributed by atoms with Crippen LogP contribution in [0.3, 0.4) is 0 Å². The highest BCUT2D eigenvalue weighted by atomic mass is 15.1. The summed E-state index contributed by atoms with van der Waals surface area (Å²) >= 11 is 0. The minimum atomic E-state index is 0.578. The predicted molar refractivity (Wildman–Crippen MR) is 84.1 cm³/mol. The van der Waals surface area contributed by atoms with E-state index < -0.39 is 0 Å². The lowest BCUT2D eigenvalue weighted by Gasteiger charge is -2.08. The molecule has 0 aliphatic rings. The molecule has 3 aromatic rings. The average Bonchev–Trinajstić information content (AvgIpc) is 2.57. The van der Waals surface area contributed by atoms with Crippen molar-refractivity contribution in [1.29, 1.82) is 0 Å². The lowest BCUT2D eigenvalue weighted by molar-refractivity contribution is 1.17. The van der Waals surface area contributed by atoms with E-state index in [0.717, 1.165) is 22.5 Å². The molecule has 0 spiro atoms. The van der Waals surface area contributed by atoms with E-state index in [-0.39, 0.29) is 0 Å². The zero-order valence-electron chi connectivity index (χ0n) is 11.4. The van der Waals surface area contributed by atoms with E-state index in [9.17, 15) is 0 Å². The standard InChI is InChI=1S/C17H14N4/c1-13(16-5-2-3-10-18-16)14-6-8-15(9-7-14)21-17-19-11-4-12-20-17/h2-12H,1H2,(H,19,20,21). The second-order valence-corrected chi connectivity index (χ2v) is 4.47. The summed E-state index contributed by atoms with van der Waals surface area (Å²) in [5.74, 6) is 0.578. The Morgan fingerprint density at radius 2 is 1.52 bits per heavy atom. The number of pyridine rings is 1. The maximum absolute atomic E-state index is 4.31. The van der Waals surface area contributed by atoms with Crippen LogP contribution in [0.25, 0.3) is 5.57 Å². The minimum absolute atomic E-state index is 0.578. The zero-order valence-corrected chi connectivity index (χ0v) is 11.4. The highest BCUT2D eigenvalue weighted by molar-refractivity contribution is 5.76. The fourth-order valence-electron chi connectivity index (χ4n) is 1.94. The van der Waals surface area contributed by atoms with E-state index in [1.54, 1.807) is 24.7 Å². The number of rotatable bonds is 4. The first kappa shape index (κ1) is 13.0. The lowest BCUT2D eigenvalue weighted by atomic mass is 10.0. The third kappa shape index (κ3) is 3.12. The molecular weight excluding hydrogens is 260 g/mol. The zero-order chi connectivity index (χ0) is 14.5. The molecule has 0 atom stereocenters. The first-order valence-corrected chi connectivity index (χ1v) is 6.58. The Morgan fingerprint density at radius 1 is 0.810 bits per heavy atom. The third-order valence-electron chi connectivity index (χ3n) is 3.03. The monoisotopic (exact) mass is 274 g/mol. The summed E-state index contributed by atoms with van der Waals surface area (Å²) in [5.41, 5.74) is 3.75. The van der Waals surface area contributed by atoms with Gasteiger partial charge in [-0.05, 0) is 35.9 Å². The third-order valence-corrected chi connectivity index (χ3v) is 3.03. The first-order chi connectivity index (χ1) is 10.3. The molecule has 1 aromatic carbocycles. The van der Waals surface area contributed by atoms with Crippen LogP contribution in [0.15, 0.2) is 73.7 Å². The van der Waals surface area contributed by atoms with Gasteiger partial charge in [-0.1, -0.05) is 24.8 Å². The average molecular weight is 274 g/mol. The van der Waals surface area contributed by atoms with Crippen molar-refractivity contribution < 1.29 is 0 Å². The van der Waals surface area contributed by atoms with Crippen LogP contribution >= 0.6 is 0 Å². The van der Waals surface area contributed by atoms with Crippen LogP contribution in [0, 0.1) is 0 Å². The van der Waals surface area contributed by atoms with Crippen molar-refractivity contribution in [1.82, 2.24) is 15.0 Å². The maximum Gasteiger partial charge on any atom is 0.227 e. The summed E-state index contributed by atoms with van der Waals surface area (Å²) in [4.78, 5) is 12.6. The molecule has 0 aliphatic carbocycles. The summed E-state index contributed by atoms with van der Waals surface area (Å²) in [6.07, 6.45) is 5.17. The molecule has 21 heavy (non-hydrogen) atoms. The van der Waals surface area contributed by atoms with Gasteiger partial charge in [0.15, 0.2) is 0 Å². The van der Waals surface area contributed by atoms with Gasteiger partial charge in [-0.3, -0.25) is 4.98 Å². The molecule has 3 rings (SSSR count). The second kappa shape index (κ2) is 5.96. The van der Waals surface area contributed by atoms with Gasteiger partial charge in [-0.15, -0.1) is 0 Å². The topological polar surface area (TPSA) is 50.7 Å². The molecule has 2 aromatic heterocycles.